The Morgan fingerprint density at radius 3 is 2.60 bits per heavy atom. The lowest BCUT2D eigenvalue weighted by Gasteiger charge is -2.07. The molecule has 1 aromatic heterocycles. The van der Waals surface area contributed by atoms with Crippen LogP contribution in [0.4, 0.5) is 0 Å². The molecule has 2 nitrogen and oxygen atoms in total. The summed E-state index contributed by atoms with van der Waals surface area (Å²) >= 11 is 5.25. The van der Waals surface area contributed by atoms with Gasteiger partial charge in [-0.3, -0.25) is 0 Å². The number of rotatable bonds is 5. The third kappa shape index (κ3) is 4.83. The molecule has 5 heteroatoms. The number of hydrogen-bond donors (Lipinski definition) is 2. The van der Waals surface area contributed by atoms with Crippen LogP contribution in [0.2, 0.25) is 0 Å². The van der Waals surface area contributed by atoms with Crippen LogP contribution in [0.3, 0.4) is 0 Å². The molecule has 1 heterocycles. The second kappa shape index (κ2) is 7.63. The number of hydrogen-bond acceptors (Lipinski definition) is 3. The summed E-state index contributed by atoms with van der Waals surface area (Å²) in [6, 6.07) is 2.35. The van der Waals surface area contributed by atoms with Crippen LogP contribution >= 0.6 is 39.7 Å². The van der Waals surface area contributed by atoms with Gasteiger partial charge >= 0.3 is 0 Å². The predicted molar refractivity (Wildman–Crippen MR) is 73.8 cm³/mol. The van der Waals surface area contributed by atoms with Crippen molar-refractivity contribution in [3.05, 3.63) is 20.3 Å². The van der Waals surface area contributed by atoms with Gasteiger partial charge in [-0.15, -0.1) is 23.7 Å². The van der Waals surface area contributed by atoms with Gasteiger partial charge in [-0.05, 0) is 53.9 Å². The molecule has 0 saturated heterocycles. The van der Waals surface area contributed by atoms with Gasteiger partial charge in [-0.1, -0.05) is 6.42 Å². The van der Waals surface area contributed by atoms with Crippen LogP contribution in [0.1, 0.15) is 35.7 Å². The number of thiophene rings is 1. The Labute approximate surface area is 110 Å². The summed E-state index contributed by atoms with van der Waals surface area (Å²) in [6.45, 7) is 2.86. The van der Waals surface area contributed by atoms with E-state index in [0.717, 1.165) is 25.8 Å². The molecule has 0 aliphatic heterocycles. The van der Waals surface area contributed by atoms with E-state index in [-0.39, 0.29) is 18.4 Å². The highest BCUT2D eigenvalue weighted by molar-refractivity contribution is 9.11. The van der Waals surface area contributed by atoms with Gasteiger partial charge in [0.15, 0.2) is 0 Å². The largest absolute Gasteiger partial charge is 0.330 e. The number of aryl methyl sites for hydroxylation is 1. The van der Waals surface area contributed by atoms with E-state index in [0.29, 0.717) is 0 Å². The zero-order valence-corrected chi connectivity index (χ0v) is 12.1. The van der Waals surface area contributed by atoms with Gasteiger partial charge in [0.05, 0.1) is 3.79 Å². The van der Waals surface area contributed by atoms with Crippen LogP contribution in [0.15, 0.2) is 9.85 Å². The van der Waals surface area contributed by atoms with Crippen LogP contribution < -0.4 is 11.5 Å². The van der Waals surface area contributed by atoms with Crippen molar-refractivity contribution in [2.45, 2.75) is 32.2 Å². The Morgan fingerprint density at radius 2 is 2.13 bits per heavy atom. The Kier molecular flexibility index (Phi) is 7.83. The summed E-state index contributed by atoms with van der Waals surface area (Å²) in [4.78, 5) is 1.27. The van der Waals surface area contributed by atoms with Gasteiger partial charge in [0.1, 0.15) is 0 Å². The van der Waals surface area contributed by atoms with Gasteiger partial charge in [0.2, 0.25) is 0 Å². The fraction of sp³-hybridized carbons (Fsp3) is 0.600. The summed E-state index contributed by atoms with van der Waals surface area (Å²) in [6.07, 6.45) is 3.22. The first kappa shape index (κ1) is 15.4. The minimum Gasteiger partial charge on any atom is -0.330 e. The molecule has 0 aliphatic carbocycles. The molecule has 0 saturated carbocycles. The molecule has 0 aromatic carbocycles. The maximum atomic E-state index is 6.07. The van der Waals surface area contributed by atoms with Crippen LogP contribution in [-0.2, 0) is 0 Å². The van der Waals surface area contributed by atoms with Gasteiger partial charge in [0, 0.05) is 10.9 Å². The molecule has 1 aromatic rings. The molecular formula is C10H18BrClN2S. The Balaban J connectivity index is 0.00000196. The molecule has 0 amide bonds. The Hall–Kier alpha value is 0.390. The van der Waals surface area contributed by atoms with Gasteiger partial charge in [0.25, 0.3) is 0 Å². The van der Waals surface area contributed by atoms with Gasteiger partial charge in [-0.25, -0.2) is 0 Å². The second-order valence-electron chi connectivity index (χ2n) is 3.50. The van der Waals surface area contributed by atoms with E-state index in [9.17, 15) is 0 Å². The highest BCUT2D eigenvalue weighted by Crippen LogP contribution is 2.32. The lowest BCUT2D eigenvalue weighted by atomic mass is 10.1. The number of halogens is 2. The third-order valence-corrected chi connectivity index (χ3v) is 4.48. The maximum Gasteiger partial charge on any atom is 0.0731 e. The van der Waals surface area contributed by atoms with Crippen molar-refractivity contribution in [3.8, 4) is 0 Å². The molecule has 0 bridgehead atoms. The molecule has 15 heavy (non-hydrogen) atoms. The topological polar surface area (TPSA) is 52.0 Å². The molecule has 0 unspecified atom stereocenters. The van der Waals surface area contributed by atoms with Crippen molar-refractivity contribution in [1.82, 2.24) is 0 Å². The molecule has 88 valence electrons. The summed E-state index contributed by atoms with van der Waals surface area (Å²) in [5.74, 6) is 0. The van der Waals surface area contributed by atoms with Crippen molar-refractivity contribution in [2.24, 2.45) is 11.5 Å². The van der Waals surface area contributed by atoms with Crippen molar-refractivity contribution in [2.75, 3.05) is 6.54 Å². The lowest BCUT2D eigenvalue weighted by molar-refractivity contribution is 0.598. The average molecular weight is 314 g/mol. The zero-order chi connectivity index (χ0) is 10.6. The first-order chi connectivity index (χ1) is 6.65. The molecule has 1 atom stereocenters. The van der Waals surface area contributed by atoms with Crippen molar-refractivity contribution in [1.29, 1.82) is 0 Å². The van der Waals surface area contributed by atoms with Crippen molar-refractivity contribution in [3.63, 3.8) is 0 Å². The molecular weight excluding hydrogens is 296 g/mol. The van der Waals surface area contributed by atoms with Crippen LogP contribution in [0.5, 0.6) is 0 Å². The van der Waals surface area contributed by atoms with Gasteiger partial charge < -0.3 is 11.5 Å². The van der Waals surface area contributed by atoms with E-state index >= 15 is 0 Å². The average Bonchev–Trinajstić information content (AvgIpc) is 2.47. The minimum absolute atomic E-state index is 0. The van der Waals surface area contributed by atoms with Crippen LogP contribution in [0.25, 0.3) is 0 Å². The molecule has 1 rings (SSSR count). The minimum atomic E-state index is 0. The maximum absolute atomic E-state index is 6.07. The predicted octanol–water partition coefficient (Wildman–Crippen LogP) is 3.37. The zero-order valence-electron chi connectivity index (χ0n) is 8.83. The van der Waals surface area contributed by atoms with Gasteiger partial charge in [-0.2, -0.15) is 0 Å². The number of unbranched alkanes of at least 4 members (excludes halogenated alkanes) is 1. The van der Waals surface area contributed by atoms with Crippen LogP contribution in [0, 0.1) is 6.92 Å². The third-order valence-electron chi connectivity index (χ3n) is 2.21. The summed E-state index contributed by atoms with van der Waals surface area (Å²) in [7, 11) is 0. The summed E-state index contributed by atoms with van der Waals surface area (Å²) in [5, 5.41) is 0. The fourth-order valence-corrected chi connectivity index (χ4v) is 2.92. The van der Waals surface area contributed by atoms with E-state index in [1.165, 1.54) is 14.2 Å². The van der Waals surface area contributed by atoms with Crippen molar-refractivity contribution >= 4 is 39.7 Å². The molecule has 4 N–H and O–H groups in total. The highest BCUT2D eigenvalue weighted by atomic mass is 79.9. The fourth-order valence-electron chi connectivity index (χ4n) is 1.32. The smallest absolute Gasteiger partial charge is 0.0731 e. The monoisotopic (exact) mass is 312 g/mol. The van der Waals surface area contributed by atoms with Crippen LogP contribution in [-0.4, -0.2) is 6.54 Å². The first-order valence-corrected chi connectivity index (χ1v) is 6.47. The van der Waals surface area contributed by atoms with E-state index in [4.69, 9.17) is 11.5 Å². The van der Waals surface area contributed by atoms with Crippen molar-refractivity contribution < 1.29 is 0 Å². The van der Waals surface area contributed by atoms with E-state index in [2.05, 4.69) is 28.9 Å². The second-order valence-corrected chi connectivity index (χ2v) is 5.90. The Morgan fingerprint density at radius 1 is 1.47 bits per heavy atom. The molecule has 0 radical (unpaired) electrons. The Bertz CT molecular complexity index is 271. The SMILES string of the molecule is Cc1cc([C@@H](N)CCCCN)sc1Br.Cl. The molecule has 0 fully saturated rings. The van der Waals surface area contributed by atoms with E-state index < -0.39 is 0 Å². The quantitative estimate of drug-likeness (QED) is 0.819. The number of nitrogens with two attached hydrogens (primary N) is 2. The lowest BCUT2D eigenvalue weighted by Crippen LogP contribution is -2.09. The standard InChI is InChI=1S/C10H17BrN2S.ClH/c1-7-6-9(14-10(7)11)8(13)4-2-3-5-12;/h6,8H,2-5,12-13H2,1H3;1H/t8-;/m0./s1. The highest BCUT2D eigenvalue weighted by Gasteiger charge is 2.10. The molecule has 0 aliphatic rings. The summed E-state index contributed by atoms with van der Waals surface area (Å²) < 4.78 is 1.20. The first-order valence-electron chi connectivity index (χ1n) is 4.86. The van der Waals surface area contributed by atoms with E-state index in [1.54, 1.807) is 11.3 Å². The normalized spacial score (nSPS) is 12.3. The molecule has 0 spiro atoms. The van der Waals surface area contributed by atoms with E-state index in [1.807, 2.05) is 0 Å². The summed E-state index contributed by atoms with van der Waals surface area (Å²) in [5.41, 5.74) is 12.8.